The second-order valence-electron chi connectivity index (χ2n) is 5.05. The Morgan fingerprint density at radius 3 is 2.38 bits per heavy atom. The van der Waals surface area contributed by atoms with Gasteiger partial charge in [-0.3, -0.25) is 4.79 Å². The zero-order valence-corrected chi connectivity index (χ0v) is 14.4. The first-order valence-corrected chi connectivity index (χ1v) is 8.81. The van der Waals surface area contributed by atoms with Crippen LogP contribution in [-0.4, -0.2) is 27.7 Å². The molecule has 0 aromatic heterocycles. The maximum atomic E-state index is 14.2. The third-order valence-electron chi connectivity index (χ3n) is 3.06. The third kappa shape index (κ3) is 4.46. The molecule has 1 N–H and O–H groups in total. The van der Waals surface area contributed by atoms with Gasteiger partial charge in [0.1, 0.15) is 5.82 Å². The molecule has 0 aliphatic carbocycles. The van der Waals surface area contributed by atoms with Crippen LogP contribution in [0.5, 0.6) is 17.2 Å². The largest absolute Gasteiger partial charge is 0.493 e. The first-order valence-electron chi connectivity index (χ1n) is 6.91. The van der Waals surface area contributed by atoms with Gasteiger partial charge in [0.2, 0.25) is 10.0 Å². The van der Waals surface area contributed by atoms with E-state index in [0.717, 1.165) is 0 Å². The molecular formula is C16H12F2N2O5S. The number of rotatable bonds is 5. The van der Waals surface area contributed by atoms with E-state index in [0.29, 0.717) is 18.4 Å². The number of ether oxygens (including phenoxy) is 2. The molecule has 10 heteroatoms. The fourth-order valence-corrected chi connectivity index (χ4v) is 2.40. The zero-order valence-electron chi connectivity index (χ0n) is 13.5. The van der Waals surface area contributed by atoms with Crippen molar-refractivity contribution in [2.45, 2.75) is 0 Å². The van der Waals surface area contributed by atoms with Crippen molar-refractivity contribution < 1.29 is 31.5 Å². The van der Waals surface area contributed by atoms with Crippen molar-refractivity contribution in [3.05, 3.63) is 53.1 Å². The summed E-state index contributed by atoms with van der Waals surface area (Å²) in [5.74, 6) is -4.08. The summed E-state index contributed by atoms with van der Waals surface area (Å²) in [6, 6.07) is 7.08. The minimum Gasteiger partial charge on any atom is -0.493 e. The number of sulfonamides is 1. The molecule has 2 rings (SSSR count). The lowest BCUT2D eigenvalue weighted by Gasteiger charge is -2.12. The van der Waals surface area contributed by atoms with E-state index in [1.54, 1.807) is 0 Å². The summed E-state index contributed by atoms with van der Waals surface area (Å²) in [4.78, 5) is 11.7. The summed E-state index contributed by atoms with van der Waals surface area (Å²) in [6.45, 7) is 0. The number of benzene rings is 2. The number of methoxy groups -OCH3 is 1. The molecule has 0 aliphatic rings. The molecule has 0 radical (unpaired) electrons. The molecule has 2 aromatic rings. The number of nitrogens with zero attached hydrogens (tertiary/aromatic N) is 1. The zero-order chi connectivity index (χ0) is 19.5. The molecule has 2 aromatic carbocycles. The van der Waals surface area contributed by atoms with E-state index >= 15 is 0 Å². The minimum absolute atomic E-state index is 0.0433. The van der Waals surface area contributed by atoms with Crippen molar-refractivity contribution in [1.82, 2.24) is 4.72 Å². The van der Waals surface area contributed by atoms with Crippen LogP contribution < -0.4 is 14.2 Å². The SMILES string of the molecule is COc1ccc(C#N)cc1Oc1cc(F)c(C(=O)NS(C)(=O)=O)cc1F. The van der Waals surface area contributed by atoms with E-state index in [4.69, 9.17) is 14.7 Å². The van der Waals surface area contributed by atoms with Gasteiger partial charge in [-0.05, 0) is 18.2 Å². The van der Waals surface area contributed by atoms with Crippen LogP contribution in [0.3, 0.4) is 0 Å². The van der Waals surface area contributed by atoms with Gasteiger partial charge in [0.25, 0.3) is 5.91 Å². The molecule has 0 bridgehead atoms. The van der Waals surface area contributed by atoms with E-state index in [1.807, 2.05) is 6.07 Å². The van der Waals surface area contributed by atoms with E-state index < -0.39 is 38.9 Å². The third-order valence-corrected chi connectivity index (χ3v) is 3.61. The Labute approximate surface area is 147 Å². The molecule has 0 spiro atoms. The number of amides is 1. The van der Waals surface area contributed by atoms with Gasteiger partial charge >= 0.3 is 0 Å². The fraction of sp³-hybridized carbons (Fsp3) is 0.125. The van der Waals surface area contributed by atoms with Crippen LogP contribution in [0.15, 0.2) is 30.3 Å². The van der Waals surface area contributed by atoms with Gasteiger partial charge in [0.15, 0.2) is 23.1 Å². The van der Waals surface area contributed by atoms with Gasteiger partial charge in [-0.1, -0.05) is 0 Å². The maximum Gasteiger partial charge on any atom is 0.267 e. The highest BCUT2D eigenvalue weighted by atomic mass is 32.2. The topological polar surface area (TPSA) is 105 Å². The van der Waals surface area contributed by atoms with Crippen molar-refractivity contribution in [1.29, 1.82) is 5.26 Å². The first-order chi connectivity index (χ1) is 12.1. The molecule has 136 valence electrons. The lowest BCUT2D eigenvalue weighted by molar-refractivity contribution is 0.0977. The molecule has 0 heterocycles. The van der Waals surface area contributed by atoms with Gasteiger partial charge in [0, 0.05) is 12.1 Å². The van der Waals surface area contributed by atoms with Crippen LogP contribution in [0.25, 0.3) is 0 Å². The Morgan fingerprint density at radius 2 is 1.81 bits per heavy atom. The number of hydrogen-bond acceptors (Lipinski definition) is 6. The lowest BCUT2D eigenvalue weighted by atomic mass is 10.2. The summed E-state index contributed by atoms with van der Waals surface area (Å²) in [7, 11) is -2.62. The van der Waals surface area contributed by atoms with Crippen molar-refractivity contribution >= 4 is 15.9 Å². The van der Waals surface area contributed by atoms with Crippen molar-refractivity contribution in [3.8, 4) is 23.3 Å². The number of carbonyl (C=O) groups is 1. The highest BCUT2D eigenvalue weighted by molar-refractivity contribution is 7.89. The molecule has 7 nitrogen and oxygen atoms in total. The van der Waals surface area contributed by atoms with Gasteiger partial charge in [-0.2, -0.15) is 5.26 Å². The van der Waals surface area contributed by atoms with E-state index in [2.05, 4.69) is 0 Å². The van der Waals surface area contributed by atoms with Crippen LogP contribution in [0.4, 0.5) is 8.78 Å². The van der Waals surface area contributed by atoms with Crippen molar-refractivity contribution in [2.75, 3.05) is 13.4 Å². The van der Waals surface area contributed by atoms with Crippen molar-refractivity contribution in [2.24, 2.45) is 0 Å². The van der Waals surface area contributed by atoms with Gasteiger partial charge < -0.3 is 9.47 Å². The normalized spacial score (nSPS) is 10.7. The quantitative estimate of drug-likeness (QED) is 0.851. The second-order valence-corrected chi connectivity index (χ2v) is 6.79. The number of hydrogen-bond donors (Lipinski definition) is 1. The minimum atomic E-state index is -3.94. The van der Waals surface area contributed by atoms with Crippen LogP contribution in [0, 0.1) is 23.0 Å². The molecule has 0 unspecified atom stereocenters. The van der Waals surface area contributed by atoms with E-state index in [9.17, 15) is 22.0 Å². The molecule has 0 saturated heterocycles. The summed E-state index contributed by atoms with van der Waals surface area (Å²) >= 11 is 0. The summed E-state index contributed by atoms with van der Waals surface area (Å²) < 4.78 is 62.2. The highest BCUT2D eigenvalue weighted by Crippen LogP contribution is 2.34. The predicted molar refractivity (Wildman–Crippen MR) is 86.5 cm³/mol. The smallest absolute Gasteiger partial charge is 0.267 e. The molecule has 0 atom stereocenters. The average molecular weight is 382 g/mol. The van der Waals surface area contributed by atoms with Gasteiger partial charge in [-0.15, -0.1) is 0 Å². The summed E-state index contributed by atoms with van der Waals surface area (Å²) in [5.41, 5.74) is -0.608. The molecular weight excluding hydrogens is 370 g/mol. The molecule has 0 saturated carbocycles. The van der Waals surface area contributed by atoms with E-state index in [-0.39, 0.29) is 17.1 Å². The van der Waals surface area contributed by atoms with Gasteiger partial charge in [0.05, 0.1) is 30.6 Å². The predicted octanol–water partition coefficient (Wildman–Crippen LogP) is 2.33. The van der Waals surface area contributed by atoms with Crippen LogP contribution in [-0.2, 0) is 10.0 Å². The number of nitriles is 1. The van der Waals surface area contributed by atoms with Crippen LogP contribution in [0.1, 0.15) is 15.9 Å². The van der Waals surface area contributed by atoms with Gasteiger partial charge in [-0.25, -0.2) is 21.9 Å². The van der Waals surface area contributed by atoms with Crippen LogP contribution >= 0.6 is 0 Å². The molecule has 1 amide bonds. The summed E-state index contributed by atoms with van der Waals surface area (Å²) in [6.07, 6.45) is 0.700. The Balaban J connectivity index is 2.40. The molecule has 0 fully saturated rings. The number of carbonyl (C=O) groups excluding carboxylic acids is 1. The van der Waals surface area contributed by atoms with Crippen LogP contribution in [0.2, 0.25) is 0 Å². The van der Waals surface area contributed by atoms with E-state index in [1.165, 1.54) is 30.0 Å². The monoisotopic (exact) mass is 382 g/mol. The number of nitrogens with one attached hydrogen (secondary N) is 1. The first kappa shape index (κ1) is 19.1. The second kappa shape index (κ2) is 7.37. The Morgan fingerprint density at radius 1 is 1.12 bits per heavy atom. The lowest BCUT2D eigenvalue weighted by Crippen LogP contribution is -2.30. The Bertz CT molecular complexity index is 1020. The van der Waals surface area contributed by atoms with Crippen molar-refractivity contribution in [3.63, 3.8) is 0 Å². The average Bonchev–Trinajstić information content (AvgIpc) is 2.56. The fourth-order valence-electron chi connectivity index (χ4n) is 1.95. The standard InChI is InChI=1S/C16H12F2N2O5S/c1-24-13-4-3-9(8-19)5-15(13)25-14-7-11(17)10(6-12(14)18)16(21)20-26(2,22)23/h3-7H,1-2H3,(H,20,21). The maximum absolute atomic E-state index is 14.2. The molecule has 26 heavy (non-hydrogen) atoms. The number of halogens is 2. The highest BCUT2D eigenvalue weighted by Gasteiger charge is 2.20. The Hall–Kier alpha value is -3.19. The Kier molecular flexibility index (Phi) is 5.42. The molecule has 0 aliphatic heterocycles. The summed E-state index contributed by atoms with van der Waals surface area (Å²) in [5, 5.41) is 8.91.